The summed E-state index contributed by atoms with van der Waals surface area (Å²) >= 11 is 3.23. The first-order chi connectivity index (χ1) is 16.0. The number of carbonyl (C=O) groups excluding carboxylic acids is 1. The minimum Gasteiger partial charge on any atom is -0.439 e. The fourth-order valence-corrected chi connectivity index (χ4v) is 5.08. The summed E-state index contributed by atoms with van der Waals surface area (Å²) in [5.74, 6) is 0. The van der Waals surface area contributed by atoms with Crippen molar-refractivity contribution in [2.45, 2.75) is 56.5 Å². The number of alkyl halides is 9. The monoisotopic (exact) mass is 575 g/mol. The first-order valence-electron chi connectivity index (χ1n) is 10.1. The van der Waals surface area contributed by atoms with Gasteiger partial charge in [-0.1, -0.05) is 15.9 Å². The van der Waals surface area contributed by atoms with Gasteiger partial charge >= 0.3 is 24.6 Å². The number of ether oxygens (including phenoxy) is 1. The highest BCUT2D eigenvalue weighted by Crippen LogP contribution is 2.50. The highest BCUT2D eigenvalue weighted by molar-refractivity contribution is 9.10. The highest BCUT2D eigenvalue weighted by Gasteiger charge is 2.52. The second kappa shape index (κ2) is 8.31. The number of hydrogen-bond acceptors (Lipinski definition) is 2. The summed E-state index contributed by atoms with van der Waals surface area (Å²) in [4.78, 5) is 13.8. The number of cyclic esters (lactones) is 1. The lowest BCUT2D eigenvalue weighted by atomic mass is 9.96. The van der Waals surface area contributed by atoms with Gasteiger partial charge in [0.15, 0.2) is 0 Å². The maximum Gasteiger partial charge on any atom is 0.416 e. The number of aryl methyl sites for hydroxylation is 1. The highest BCUT2D eigenvalue weighted by atomic mass is 79.9. The van der Waals surface area contributed by atoms with Crippen molar-refractivity contribution in [2.24, 2.45) is 0 Å². The van der Waals surface area contributed by atoms with E-state index in [9.17, 15) is 44.3 Å². The average molecular weight is 576 g/mol. The normalized spacial score (nSPS) is 23.0. The first kappa shape index (κ1) is 25.6. The number of nitrogens with zero attached hydrogens (tertiary/aromatic N) is 1. The number of fused-ring (bicyclic) bond motifs is 1. The van der Waals surface area contributed by atoms with E-state index in [0.717, 1.165) is 17.0 Å². The molecule has 4 rings (SSSR count). The first-order valence-corrected chi connectivity index (χ1v) is 10.9. The predicted molar refractivity (Wildman–Crippen MR) is 107 cm³/mol. The van der Waals surface area contributed by atoms with Crippen LogP contribution in [0.3, 0.4) is 0 Å². The molecule has 3 atom stereocenters. The molecule has 3 nitrogen and oxygen atoms in total. The SMILES string of the molecule is Cc1cc(C(F)(F)F)cc(C2CCC3C(c4cc(C(F)(F)F)cc(C(F)(F)F)c4)OC(=O)N23)c1Br. The molecular weight excluding hydrogens is 561 g/mol. The average Bonchev–Trinajstić information content (AvgIpc) is 3.29. The van der Waals surface area contributed by atoms with Crippen LogP contribution < -0.4 is 0 Å². The van der Waals surface area contributed by atoms with Crippen LogP contribution in [-0.4, -0.2) is 17.0 Å². The van der Waals surface area contributed by atoms with E-state index in [-0.39, 0.29) is 30.0 Å². The van der Waals surface area contributed by atoms with E-state index < -0.39 is 65.1 Å². The Labute approximate surface area is 201 Å². The number of benzene rings is 2. The van der Waals surface area contributed by atoms with Crippen molar-refractivity contribution in [1.29, 1.82) is 0 Å². The summed E-state index contributed by atoms with van der Waals surface area (Å²) < 4.78 is 125. The van der Waals surface area contributed by atoms with E-state index in [4.69, 9.17) is 4.74 Å². The predicted octanol–water partition coefficient (Wildman–Crippen LogP) is 8.21. The largest absolute Gasteiger partial charge is 0.439 e. The lowest BCUT2D eigenvalue weighted by Gasteiger charge is -2.25. The molecule has 0 bridgehead atoms. The molecule has 35 heavy (non-hydrogen) atoms. The molecular formula is C22H15BrF9NO2. The number of rotatable bonds is 2. The van der Waals surface area contributed by atoms with Gasteiger partial charge in [0.05, 0.1) is 28.8 Å². The van der Waals surface area contributed by atoms with E-state index in [1.165, 1.54) is 6.92 Å². The molecule has 0 N–H and O–H groups in total. The lowest BCUT2D eigenvalue weighted by molar-refractivity contribution is -0.143. The Balaban J connectivity index is 1.75. The van der Waals surface area contributed by atoms with Gasteiger partial charge in [-0.3, -0.25) is 4.90 Å². The summed E-state index contributed by atoms with van der Waals surface area (Å²) in [7, 11) is 0. The Kier molecular flexibility index (Phi) is 6.09. The van der Waals surface area contributed by atoms with E-state index in [1.807, 2.05) is 0 Å². The molecule has 2 aliphatic rings. The van der Waals surface area contributed by atoms with Gasteiger partial charge in [0.2, 0.25) is 0 Å². The number of hydrogen-bond donors (Lipinski definition) is 0. The summed E-state index contributed by atoms with van der Waals surface area (Å²) in [6, 6.07) is 0.878. The molecule has 2 aromatic carbocycles. The second-order valence-corrected chi connectivity index (χ2v) is 9.20. The van der Waals surface area contributed by atoms with Crippen molar-refractivity contribution in [1.82, 2.24) is 4.90 Å². The standard InChI is InChI=1S/C22H15BrF9NO2/c1-9-4-11(20(24,25)26)8-14(17(9)23)15-2-3-16-18(35-19(34)33(15)16)10-5-12(21(27,28)29)7-13(6-10)22(30,31)32/h4-8,15-16,18H,2-3H2,1H3. The molecule has 0 aliphatic carbocycles. The van der Waals surface area contributed by atoms with Gasteiger partial charge in [-0.15, -0.1) is 0 Å². The summed E-state index contributed by atoms with van der Waals surface area (Å²) in [5.41, 5.74) is -4.18. The van der Waals surface area contributed by atoms with E-state index >= 15 is 0 Å². The number of amides is 1. The number of carbonyl (C=O) groups is 1. The molecule has 2 saturated heterocycles. The van der Waals surface area contributed by atoms with Gasteiger partial charge < -0.3 is 4.74 Å². The maximum absolute atomic E-state index is 13.4. The van der Waals surface area contributed by atoms with Gasteiger partial charge in [0.25, 0.3) is 0 Å². The van der Waals surface area contributed by atoms with Crippen molar-refractivity contribution in [3.05, 3.63) is 68.2 Å². The van der Waals surface area contributed by atoms with E-state index in [0.29, 0.717) is 16.6 Å². The van der Waals surface area contributed by atoms with Crippen molar-refractivity contribution >= 4 is 22.0 Å². The molecule has 1 amide bonds. The van der Waals surface area contributed by atoms with Crippen molar-refractivity contribution < 1.29 is 49.0 Å². The van der Waals surface area contributed by atoms with Gasteiger partial charge in [-0.05, 0) is 66.8 Å². The van der Waals surface area contributed by atoms with E-state index in [2.05, 4.69) is 15.9 Å². The van der Waals surface area contributed by atoms with Gasteiger partial charge in [-0.2, -0.15) is 39.5 Å². The maximum atomic E-state index is 13.4. The minimum absolute atomic E-state index is 0.0297. The molecule has 190 valence electrons. The molecule has 13 heteroatoms. The summed E-state index contributed by atoms with van der Waals surface area (Å²) in [5, 5.41) is 0. The van der Waals surface area contributed by atoms with Crippen LogP contribution in [0.1, 0.15) is 58.4 Å². The van der Waals surface area contributed by atoms with Crippen LogP contribution in [0, 0.1) is 6.92 Å². The Morgan fingerprint density at radius 2 is 1.34 bits per heavy atom. The number of halogens is 10. The molecule has 0 radical (unpaired) electrons. The molecule has 3 unspecified atom stereocenters. The van der Waals surface area contributed by atoms with E-state index in [1.54, 1.807) is 0 Å². The quantitative estimate of drug-likeness (QED) is 0.338. The van der Waals surface area contributed by atoms with Crippen molar-refractivity contribution in [3.8, 4) is 0 Å². The second-order valence-electron chi connectivity index (χ2n) is 8.41. The molecule has 2 heterocycles. The Bertz CT molecular complexity index is 1140. The zero-order valence-electron chi connectivity index (χ0n) is 17.6. The molecule has 0 saturated carbocycles. The third kappa shape index (κ3) is 4.70. The van der Waals surface area contributed by atoms with Crippen LogP contribution in [0.5, 0.6) is 0 Å². The van der Waals surface area contributed by atoms with Gasteiger partial charge in [0.1, 0.15) is 6.10 Å². The third-order valence-electron chi connectivity index (χ3n) is 6.12. The topological polar surface area (TPSA) is 29.5 Å². The van der Waals surface area contributed by atoms with Gasteiger partial charge in [-0.25, -0.2) is 4.79 Å². The molecule has 2 aromatic rings. The Morgan fingerprint density at radius 1 is 0.829 bits per heavy atom. The lowest BCUT2D eigenvalue weighted by Crippen LogP contribution is -2.31. The van der Waals surface area contributed by atoms with Gasteiger partial charge in [0, 0.05) is 4.47 Å². The fraction of sp³-hybridized carbons (Fsp3) is 0.409. The van der Waals surface area contributed by atoms with Crippen LogP contribution in [0.2, 0.25) is 0 Å². The smallest absolute Gasteiger partial charge is 0.416 e. The van der Waals surface area contributed by atoms with Crippen molar-refractivity contribution in [2.75, 3.05) is 0 Å². The van der Waals surface area contributed by atoms with Crippen LogP contribution in [0.15, 0.2) is 34.8 Å². The fourth-order valence-electron chi connectivity index (χ4n) is 4.59. The minimum atomic E-state index is -5.09. The molecule has 2 aliphatic heterocycles. The zero-order valence-corrected chi connectivity index (χ0v) is 19.2. The van der Waals surface area contributed by atoms with Crippen LogP contribution in [-0.2, 0) is 23.3 Å². The zero-order chi connectivity index (χ0) is 26.1. The third-order valence-corrected chi connectivity index (χ3v) is 7.21. The summed E-state index contributed by atoms with van der Waals surface area (Å²) in [6.45, 7) is 1.43. The Hall–Kier alpha value is -2.44. The molecule has 0 spiro atoms. The molecule has 2 fully saturated rings. The molecule has 0 aromatic heterocycles. The van der Waals surface area contributed by atoms with Crippen molar-refractivity contribution in [3.63, 3.8) is 0 Å². The van der Waals surface area contributed by atoms with Crippen LogP contribution >= 0.6 is 15.9 Å². The Morgan fingerprint density at radius 3 is 1.86 bits per heavy atom. The van der Waals surface area contributed by atoms with Crippen LogP contribution in [0.4, 0.5) is 44.3 Å². The summed E-state index contributed by atoms with van der Waals surface area (Å²) in [6.07, 6.45) is -17.1. The van der Waals surface area contributed by atoms with Crippen LogP contribution in [0.25, 0.3) is 0 Å².